The molecule has 2 aromatic rings. The van der Waals surface area contributed by atoms with Crippen molar-refractivity contribution in [2.24, 2.45) is 0 Å². The van der Waals surface area contributed by atoms with Gasteiger partial charge in [-0.3, -0.25) is 19.8 Å². The number of benzene rings is 2. The second kappa shape index (κ2) is 8.02. The number of ether oxygens (including phenoxy) is 1. The number of nitrogens with one attached hydrogen (secondary N) is 1. The summed E-state index contributed by atoms with van der Waals surface area (Å²) in [5, 5.41) is 12.0. The van der Waals surface area contributed by atoms with E-state index in [1.54, 1.807) is 29.2 Å². The van der Waals surface area contributed by atoms with E-state index in [0.717, 1.165) is 5.56 Å². The summed E-state index contributed by atoms with van der Waals surface area (Å²) >= 11 is 0. The minimum atomic E-state index is -0.506. The Morgan fingerprint density at radius 2 is 1.83 bits per heavy atom. The molecule has 2 saturated heterocycles. The molecule has 0 aromatic heterocycles. The van der Waals surface area contributed by atoms with Gasteiger partial charge in [0.2, 0.25) is 5.91 Å². The molecule has 2 aliphatic heterocycles. The first-order valence-corrected chi connectivity index (χ1v) is 9.38. The zero-order valence-electron chi connectivity index (χ0n) is 15.7. The molecule has 2 atom stereocenters. The molecule has 150 valence electrons. The standard InChI is InChI=1S/C21H21N3O5/c25-13-17-19(14-4-2-1-3-5-14)23(10-11-29-17)20(27)15-6-8-16(9-7-15)24-12-18(26)22-21(24)28/h1-9,17,19,25H,10-13H2,(H,22,26,28)/t17-,19-/m0/s1. The van der Waals surface area contributed by atoms with Gasteiger partial charge in [-0.05, 0) is 29.8 Å². The van der Waals surface area contributed by atoms with Gasteiger partial charge in [0.05, 0.1) is 19.3 Å². The fraction of sp³-hybridized carbons (Fsp3) is 0.286. The number of carbonyl (C=O) groups excluding carboxylic acids is 3. The van der Waals surface area contributed by atoms with Gasteiger partial charge in [-0.15, -0.1) is 0 Å². The van der Waals surface area contributed by atoms with Crippen molar-refractivity contribution in [2.45, 2.75) is 12.1 Å². The number of aliphatic hydroxyl groups excluding tert-OH is 1. The average Bonchev–Trinajstić information content (AvgIpc) is 3.11. The summed E-state index contributed by atoms with van der Waals surface area (Å²) in [5.41, 5.74) is 1.89. The van der Waals surface area contributed by atoms with Gasteiger partial charge >= 0.3 is 6.03 Å². The van der Waals surface area contributed by atoms with E-state index < -0.39 is 18.2 Å². The molecule has 0 saturated carbocycles. The van der Waals surface area contributed by atoms with Crippen LogP contribution < -0.4 is 10.2 Å². The van der Waals surface area contributed by atoms with E-state index in [1.807, 2.05) is 30.3 Å². The highest BCUT2D eigenvalue weighted by Gasteiger charge is 2.36. The molecule has 0 bridgehead atoms. The van der Waals surface area contributed by atoms with Gasteiger partial charge in [0.1, 0.15) is 12.6 Å². The summed E-state index contributed by atoms with van der Waals surface area (Å²) in [7, 11) is 0. The maximum Gasteiger partial charge on any atom is 0.329 e. The van der Waals surface area contributed by atoms with Crippen molar-refractivity contribution in [3.8, 4) is 0 Å². The summed E-state index contributed by atoms with van der Waals surface area (Å²) in [6.07, 6.45) is -0.506. The van der Waals surface area contributed by atoms with Crippen LogP contribution in [0.4, 0.5) is 10.5 Å². The van der Waals surface area contributed by atoms with Gasteiger partial charge in [0.25, 0.3) is 5.91 Å². The zero-order valence-corrected chi connectivity index (χ0v) is 15.7. The summed E-state index contributed by atoms with van der Waals surface area (Å²) in [6, 6.07) is 15.2. The summed E-state index contributed by atoms with van der Waals surface area (Å²) in [5.74, 6) is -0.543. The number of carbonyl (C=O) groups is 3. The van der Waals surface area contributed by atoms with E-state index in [1.165, 1.54) is 4.90 Å². The van der Waals surface area contributed by atoms with Gasteiger partial charge in [-0.1, -0.05) is 30.3 Å². The van der Waals surface area contributed by atoms with E-state index in [-0.39, 0.29) is 25.0 Å². The Kier molecular flexibility index (Phi) is 5.28. The number of nitrogens with zero attached hydrogens (tertiary/aromatic N) is 2. The molecule has 2 aliphatic rings. The fourth-order valence-electron chi connectivity index (χ4n) is 3.76. The molecule has 29 heavy (non-hydrogen) atoms. The van der Waals surface area contributed by atoms with Crippen molar-refractivity contribution in [3.05, 3.63) is 65.7 Å². The first-order chi connectivity index (χ1) is 14.1. The van der Waals surface area contributed by atoms with Gasteiger partial charge in [-0.25, -0.2) is 4.79 Å². The SMILES string of the molecule is O=C1CN(c2ccc(C(=O)N3CCO[C@@H](CO)[C@@H]3c3ccccc3)cc2)C(=O)N1. The lowest BCUT2D eigenvalue weighted by molar-refractivity contribution is -0.117. The summed E-state index contributed by atoms with van der Waals surface area (Å²) in [4.78, 5) is 39.4. The number of anilines is 1. The number of urea groups is 1. The molecule has 0 aliphatic carbocycles. The van der Waals surface area contributed by atoms with Crippen molar-refractivity contribution in [1.82, 2.24) is 10.2 Å². The number of rotatable bonds is 4. The van der Waals surface area contributed by atoms with E-state index in [9.17, 15) is 19.5 Å². The first-order valence-electron chi connectivity index (χ1n) is 9.38. The Bertz CT molecular complexity index is 916. The molecular weight excluding hydrogens is 374 g/mol. The molecule has 2 N–H and O–H groups in total. The Hall–Kier alpha value is -3.23. The zero-order chi connectivity index (χ0) is 20.4. The Labute approximate surface area is 167 Å². The molecule has 0 spiro atoms. The third kappa shape index (κ3) is 3.72. The predicted molar refractivity (Wildman–Crippen MR) is 104 cm³/mol. The Morgan fingerprint density at radius 1 is 1.10 bits per heavy atom. The van der Waals surface area contributed by atoms with Crippen LogP contribution in [-0.4, -0.2) is 60.3 Å². The lowest BCUT2D eigenvalue weighted by Gasteiger charge is -2.41. The van der Waals surface area contributed by atoms with Crippen LogP contribution in [0, 0.1) is 0 Å². The molecular formula is C21H21N3O5. The fourth-order valence-corrected chi connectivity index (χ4v) is 3.76. The summed E-state index contributed by atoms with van der Waals surface area (Å²) < 4.78 is 5.69. The largest absolute Gasteiger partial charge is 0.394 e. The molecule has 8 nitrogen and oxygen atoms in total. The highest BCUT2D eigenvalue weighted by Crippen LogP contribution is 2.31. The number of imide groups is 1. The van der Waals surface area contributed by atoms with Crippen LogP contribution in [0.25, 0.3) is 0 Å². The molecule has 8 heteroatoms. The number of hydrogen-bond acceptors (Lipinski definition) is 5. The van der Waals surface area contributed by atoms with E-state index in [0.29, 0.717) is 24.4 Å². The van der Waals surface area contributed by atoms with Crippen LogP contribution in [0.15, 0.2) is 54.6 Å². The number of hydrogen-bond donors (Lipinski definition) is 2. The topological polar surface area (TPSA) is 99.2 Å². The van der Waals surface area contributed by atoms with Crippen LogP contribution in [0.3, 0.4) is 0 Å². The van der Waals surface area contributed by atoms with Gasteiger partial charge in [0, 0.05) is 17.8 Å². The molecule has 4 rings (SSSR count). The van der Waals surface area contributed by atoms with Gasteiger partial charge < -0.3 is 14.7 Å². The monoisotopic (exact) mass is 395 g/mol. The van der Waals surface area contributed by atoms with E-state index in [2.05, 4.69) is 5.32 Å². The highest BCUT2D eigenvalue weighted by molar-refractivity contribution is 6.12. The second-order valence-corrected chi connectivity index (χ2v) is 6.93. The van der Waals surface area contributed by atoms with Crippen LogP contribution in [0.5, 0.6) is 0 Å². The maximum atomic E-state index is 13.2. The smallest absolute Gasteiger partial charge is 0.329 e. The van der Waals surface area contributed by atoms with Gasteiger partial charge in [0.15, 0.2) is 0 Å². The molecule has 2 aromatic carbocycles. The number of amides is 4. The molecule has 0 unspecified atom stereocenters. The van der Waals surface area contributed by atoms with Crippen LogP contribution in [-0.2, 0) is 9.53 Å². The molecule has 0 radical (unpaired) electrons. The average molecular weight is 395 g/mol. The molecule has 2 heterocycles. The Morgan fingerprint density at radius 3 is 2.45 bits per heavy atom. The maximum absolute atomic E-state index is 13.2. The second-order valence-electron chi connectivity index (χ2n) is 6.93. The number of aliphatic hydroxyl groups is 1. The van der Waals surface area contributed by atoms with Crippen molar-refractivity contribution < 1.29 is 24.2 Å². The quantitative estimate of drug-likeness (QED) is 0.761. The first kappa shape index (κ1) is 19.1. The van der Waals surface area contributed by atoms with Crippen molar-refractivity contribution in [2.75, 3.05) is 31.2 Å². The lowest BCUT2D eigenvalue weighted by Crippen LogP contribution is -2.49. The van der Waals surface area contributed by atoms with Crippen LogP contribution in [0.1, 0.15) is 22.0 Å². The third-order valence-electron chi connectivity index (χ3n) is 5.15. The molecule has 2 fully saturated rings. The lowest BCUT2D eigenvalue weighted by atomic mass is 9.97. The number of morpholine rings is 1. The van der Waals surface area contributed by atoms with Crippen molar-refractivity contribution >= 4 is 23.5 Å². The van der Waals surface area contributed by atoms with Crippen LogP contribution in [0.2, 0.25) is 0 Å². The molecule has 4 amide bonds. The minimum absolute atomic E-state index is 0.0378. The minimum Gasteiger partial charge on any atom is -0.394 e. The third-order valence-corrected chi connectivity index (χ3v) is 5.15. The summed E-state index contributed by atoms with van der Waals surface area (Å²) in [6.45, 7) is 0.512. The van der Waals surface area contributed by atoms with Crippen molar-refractivity contribution in [1.29, 1.82) is 0 Å². The normalized spacial score (nSPS) is 22.0. The Balaban J connectivity index is 1.59. The van der Waals surface area contributed by atoms with E-state index >= 15 is 0 Å². The van der Waals surface area contributed by atoms with Crippen LogP contribution >= 0.6 is 0 Å². The highest BCUT2D eigenvalue weighted by atomic mass is 16.5. The van der Waals surface area contributed by atoms with Gasteiger partial charge in [-0.2, -0.15) is 0 Å². The predicted octanol–water partition coefficient (Wildman–Crippen LogP) is 1.32. The van der Waals surface area contributed by atoms with Crippen molar-refractivity contribution in [3.63, 3.8) is 0 Å². The van der Waals surface area contributed by atoms with E-state index in [4.69, 9.17) is 4.74 Å².